The first-order valence-corrected chi connectivity index (χ1v) is 8.20. The molecule has 1 aliphatic rings. The van der Waals surface area contributed by atoms with Gasteiger partial charge in [-0.25, -0.2) is 4.39 Å². The zero-order chi connectivity index (χ0) is 18.0. The zero-order valence-electron chi connectivity index (χ0n) is 14.1. The van der Waals surface area contributed by atoms with Crippen molar-refractivity contribution in [3.63, 3.8) is 0 Å². The lowest BCUT2D eigenvalue weighted by atomic mass is 10.1. The number of halogens is 1. The van der Waals surface area contributed by atoms with Crippen LogP contribution in [0.3, 0.4) is 0 Å². The van der Waals surface area contributed by atoms with E-state index in [1.165, 1.54) is 12.1 Å². The third-order valence-corrected chi connectivity index (χ3v) is 4.28. The number of hydrogen-bond donors (Lipinski definition) is 3. The molecular formula is C18H20FN5O. The first kappa shape index (κ1) is 17.0. The second-order valence-electron chi connectivity index (χ2n) is 6.37. The van der Waals surface area contributed by atoms with Crippen molar-refractivity contribution in [2.75, 3.05) is 0 Å². The molecule has 3 N–H and O–H groups in total. The molecule has 0 radical (unpaired) electrons. The first-order chi connectivity index (χ1) is 11.9. The summed E-state index contributed by atoms with van der Waals surface area (Å²) >= 11 is 0. The molecule has 1 fully saturated rings. The molecule has 6 nitrogen and oxygen atoms in total. The lowest BCUT2D eigenvalue weighted by molar-refractivity contribution is 0.0925. The van der Waals surface area contributed by atoms with Gasteiger partial charge < -0.3 is 15.7 Å². The summed E-state index contributed by atoms with van der Waals surface area (Å²) in [4.78, 5) is 15.0. The molecule has 1 saturated carbocycles. The van der Waals surface area contributed by atoms with E-state index in [1.807, 2.05) is 6.92 Å². The summed E-state index contributed by atoms with van der Waals surface area (Å²) in [5.41, 5.74) is 1.48. The van der Waals surface area contributed by atoms with Crippen molar-refractivity contribution >= 4 is 17.2 Å². The number of benzene rings is 1. The molecule has 1 atom stereocenters. The fourth-order valence-electron chi connectivity index (χ4n) is 2.53. The van der Waals surface area contributed by atoms with Gasteiger partial charge in [0.1, 0.15) is 5.82 Å². The Labute approximate surface area is 145 Å². The number of nitrogens with one attached hydrogen (secondary N) is 3. The number of aromatic amines is 1. The van der Waals surface area contributed by atoms with E-state index in [4.69, 9.17) is 5.41 Å². The fourth-order valence-corrected chi connectivity index (χ4v) is 2.53. The SMILES string of the molecule is C/C(=C/C(=N)c1ccc(F)cc1)c1nnc(C(=O)N[C@@H](C)C2CC2)[nH]1. The standard InChI is InChI=1S/C18H20FN5O/c1-10(9-15(20)13-5-7-14(19)8-6-13)16-22-17(24-23-16)18(25)21-11(2)12-3-4-12/h5-9,11-12,20H,3-4H2,1-2H3,(H,21,25)(H,22,23,24)/b10-9-,20-15?/t11-/m0/s1. The molecule has 130 valence electrons. The number of carbonyl (C=O) groups is 1. The Bertz CT molecular complexity index is 820. The Morgan fingerprint density at radius 2 is 1.96 bits per heavy atom. The minimum atomic E-state index is -0.344. The Morgan fingerprint density at radius 1 is 1.32 bits per heavy atom. The lowest BCUT2D eigenvalue weighted by Crippen LogP contribution is -2.34. The highest BCUT2D eigenvalue weighted by molar-refractivity contribution is 6.09. The quantitative estimate of drug-likeness (QED) is 0.705. The Morgan fingerprint density at radius 3 is 2.60 bits per heavy atom. The van der Waals surface area contributed by atoms with Gasteiger partial charge in [-0.15, -0.1) is 10.2 Å². The van der Waals surface area contributed by atoms with Crippen LogP contribution >= 0.6 is 0 Å². The molecule has 0 aliphatic heterocycles. The minimum absolute atomic E-state index is 0.129. The maximum Gasteiger partial charge on any atom is 0.289 e. The fraction of sp³-hybridized carbons (Fsp3) is 0.333. The highest BCUT2D eigenvalue weighted by atomic mass is 19.1. The molecule has 0 spiro atoms. The Balaban J connectivity index is 1.68. The molecule has 1 aromatic carbocycles. The van der Waals surface area contributed by atoms with Gasteiger partial charge in [0, 0.05) is 6.04 Å². The van der Waals surface area contributed by atoms with Crippen LogP contribution in [-0.4, -0.2) is 32.8 Å². The van der Waals surface area contributed by atoms with Crippen molar-refractivity contribution in [2.24, 2.45) is 5.92 Å². The van der Waals surface area contributed by atoms with Crippen LogP contribution in [0.25, 0.3) is 5.57 Å². The van der Waals surface area contributed by atoms with Gasteiger partial charge in [-0.05, 0) is 74.1 Å². The Hall–Kier alpha value is -2.83. The van der Waals surface area contributed by atoms with Gasteiger partial charge in [0.15, 0.2) is 5.82 Å². The summed E-state index contributed by atoms with van der Waals surface area (Å²) in [6, 6.07) is 5.83. The topological polar surface area (TPSA) is 94.5 Å². The molecule has 0 saturated heterocycles. The van der Waals surface area contributed by atoms with Crippen LogP contribution in [0, 0.1) is 17.1 Å². The van der Waals surface area contributed by atoms with Crippen LogP contribution < -0.4 is 5.32 Å². The van der Waals surface area contributed by atoms with Crippen molar-refractivity contribution in [1.82, 2.24) is 20.5 Å². The van der Waals surface area contributed by atoms with Crippen LogP contribution in [0.15, 0.2) is 30.3 Å². The molecule has 1 aliphatic carbocycles. The summed E-state index contributed by atoms with van der Waals surface area (Å²) in [6.45, 7) is 3.76. The molecule has 1 heterocycles. The molecular weight excluding hydrogens is 321 g/mol. The van der Waals surface area contributed by atoms with E-state index in [9.17, 15) is 9.18 Å². The van der Waals surface area contributed by atoms with Crippen LogP contribution in [0.4, 0.5) is 4.39 Å². The van der Waals surface area contributed by atoms with Gasteiger partial charge >= 0.3 is 0 Å². The highest BCUT2D eigenvalue weighted by Crippen LogP contribution is 2.32. The van der Waals surface area contributed by atoms with Gasteiger partial charge in [0.25, 0.3) is 5.91 Å². The van der Waals surface area contributed by atoms with E-state index in [0.717, 1.165) is 12.8 Å². The summed E-state index contributed by atoms with van der Waals surface area (Å²) in [6.07, 6.45) is 3.90. The number of nitrogens with zero attached hydrogens (tertiary/aromatic N) is 2. The van der Waals surface area contributed by atoms with Crippen LogP contribution in [0.5, 0.6) is 0 Å². The predicted octanol–water partition coefficient (Wildman–Crippen LogP) is 2.94. The van der Waals surface area contributed by atoms with E-state index in [0.29, 0.717) is 22.9 Å². The number of rotatable bonds is 6. The first-order valence-electron chi connectivity index (χ1n) is 8.20. The maximum absolute atomic E-state index is 13.0. The van der Waals surface area contributed by atoms with Gasteiger partial charge in [0.05, 0.1) is 5.71 Å². The van der Waals surface area contributed by atoms with Crippen molar-refractivity contribution in [1.29, 1.82) is 5.41 Å². The molecule has 2 aromatic rings. The van der Waals surface area contributed by atoms with Crippen LogP contribution in [-0.2, 0) is 0 Å². The monoisotopic (exact) mass is 341 g/mol. The normalized spacial score (nSPS) is 15.7. The molecule has 25 heavy (non-hydrogen) atoms. The molecule has 3 rings (SSSR count). The lowest BCUT2D eigenvalue weighted by Gasteiger charge is -2.10. The molecule has 7 heteroatoms. The summed E-state index contributed by atoms with van der Waals surface area (Å²) in [5.74, 6) is 0.520. The second-order valence-corrected chi connectivity index (χ2v) is 6.37. The van der Waals surface area contributed by atoms with Crippen LogP contribution in [0.1, 0.15) is 48.7 Å². The van der Waals surface area contributed by atoms with Crippen molar-refractivity contribution in [2.45, 2.75) is 32.7 Å². The van der Waals surface area contributed by atoms with Crippen molar-refractivity contribution in [3.8, 4) is 0 Å². The van der Waals surface area contributed by atoms with E-state index in [1.54, 1.807) is 25.1 Å². The van der Waals surface area contributed by atoms with Gasteiger partial charge in [-0.3, -0.25) is 4.79 Å². The maximum atomic E-state index is 13.0. The number of hydrogen-bond acceptors (Lipinski definition) is 4. The average Bonchev–Trinajstić information content (AvgIpc) is 3.31. The third-order valence-electron chi connectivity index (χ3n) is 4.28. The third kappa shape index (κ3) is 4.17. The summed E-state index contributed by atoms with van der Waals surface area (Å²) in [5, 5.41) is 18.8. The minimum Gasteiger partial charge on any atom is -0.347 e. The summed E-state index contributed by atoms with van der Waals surface area (Å²) < 4.78 is 13.0. The zero-order valence-corrected chi connectivity index (χ0v) is 14.1. The largest absolute Gasteiger partial charge is 0.347 e. The highest BCUT2D eigenvalue weighted by Gasteiger charge is 2.29. The summed E-state index contributed by atoms with van der Waals surface area (Å²) in [7, 11) is 0. The smallest absolute Gasteiger partial charge is 0.289 e. The number of allylic oxidation sites excluding steroid dienone is 2. The number of H-pyrrole nitrogens is 1. The van der Waals surface area contributed by atoms with Crippen molar-refractivity contribution < 1.29 is 9.18 Å². The average molecular weight is 341 g/mol. The predicted molar refractivity (Wildman–Crippen MR) is 92.9 cm³/mol. The van der Waals surface area contributed by atoms with E-state index in [-0.39, 0.29) is 29.3 Å². The van der Waals surface area contributed by atoms with E-state index in [2.05, 4.69) is 20.5 Å². The molecule has 0 unspecified atom stereocenters. The van der Waals surface area contributed by atoms with Crippen LogP contribution in [0.2, 0.25) is 0 Å². The number of aromatic nitrogens is 3. The van der Waals surface area contributed by atoms with Crippen molar-refractivity contribution in [3.05, 3.63) is 53.4 Å². The second kappa shape index (κ2) is 6.96. The molecule has 0 bridgehead atoms. The van der Waals surface area contributed by atoms with Gasteiger partial charge in [-0.2, -0.15) is 0 Å². The molecule has 1 amide bonds. The van der Waals surface area contributed by atoms with E-state index >= 15 is 0 Å². The van der Waals surface area contributed by atoms with Gasteiger partial charge in [0.2, 0.25) is 5.82 Å². The molecule has 1 aromatic heterocycles. The van der Waals surface area contributed by atoms with Gasteiger partial charge in [-0.1, -0.05) is 0 Å². The Kier molecular flexibility index (Phi) is 4.74. The number of carbonyl (C=O) groups excluding carboxylic acids is 1. The number of amides is 1. The van der Waals surface area contributed by atoms with E-state index < -0.39 is 0 Å².